The molecule has 0 aromatic carbocycles. The van der Waals surface area contributed by atoms with Crippen molar-refractivity contribution in [2.24, 2.45) is 0 Å². The van der Waals surface area contributed by atoms with Crippen molar-refractivity contribution in [2.75, 3.05) is 11.9 Å². The van der Waals surface area contributed by atoms with Crippen molar-refractivity contribution in [2.45, 2.75) is 25.3 Å². The Morgan fingerprint density at radius 2 is 2.38 bits per heavy atom. The monoisotopic (exact) mass is 222 g/mol. The zero-order valence-electron chi connectivity index (χ0n) is 9.04. The third kappa shape index (κ3) is 2.11. The first kappa shape index (κ1) is 10.8. The minimum Gasteiger partial charge on any atom is -0.308 e. The van der Waals surface area contributed by atoms with Crippen molar-refractivity contribution in [1.82, 2.24) is 15.5 Å². The van der Waals surface area contributed by atoms with Crippen LogP contribution in [0.2, 0.25) is 0 Å². The van der Waals surface area contributed by atoms with E-state index in [0.29, 0.717) is 5.82 Å². The summed E-state index contributed by atoms with van der Waals surface area (Å²) >= 11 is 0. The highest BCUT2D eigenvalue weighted by molar-refractivity contribution is 5.97. The molecule has 0 saturated carbocycles. The first-order valence-corrected chi connectivity index (χ1v) is 5.22. The number of carbonyl (C=O) groups is 1. The highest BCUT2D eigenvalue weighted by Gasteiger charge is 2.35. The molecule has 6 nitrogen and oxygen atoms in total. The minimum absolute atomic E-state index is 0.121. The highest BCUT2D eigenvalue weighted by Crippen LogP contribution is 2.19. The highest BCUT2D eigenvalue weighted by atomic mass is 16.2. The third-order valence-electron chi connectivity index (χ3n) is 2.79. The summed E-state index contributed by atoms with van der Waals surface area (Å²) in [6, 6.07) is 2.81. The van der Waals surface area contributed by atoms with E-state index in [2.05, 4.69) is 20.8 Å². The Balaban J connectivity index is 2.07. The number of aromatic nitrogens is 2. The van der Waals surface area contributed by atoms with E-state index < -0.39 is 5.54 Å². The van der Waals surface area contributed by atoms with Crippen LogP contribution in [0.15, 0.2) is 16.9 Å². The van der Waals surface area contributed by atoms with Gasteiger partial charge in [-0.1, -0.05) is 0 Å². The van der Waals surface area contributed by atoms with E-state index in [1.807, 2.05) is 6.92 Å². The Kier molecular flexibility index (Phi) is 2.74. The Bertz CT molecular complexity index is 428. The van der Waals surface area contributed by atoms with Gasteiger partial charge >= 0.3 is 0 Å². The van der Waals surface area contributed by atoms with Crippen LogP contribution in [0.5, 0.6) is 0 Å². The fraction of sp³-hybridized carbons (Fsp3) is 0.500. The van der Waals surface area contributed by atoms with Gasteiger partial charge in [-0.2, -0.15) is 5.10 Å². The van der Waals surface area contributed by atoms with Crippen LogP contribution in [0.3, 0.4) is 0 Å². The van der Waals surface area contributed by atoms with E-state index in [0.717, 1.165) is 19.4 Å². The molecule has 2 heterocycles. The van der Waals surface area contributed by atoms with Gasteiger partial charge in [0.1, 0.15) is 0 Å². The fourth-order valence-corrected chi connectivity index (χ4v) is 1.76. The van der Waals surface area contributed by atoms with Gasteiger partial charge in [-0.25, -0.2) is 5.10 Å². The number of rotatable bonds is 2. The van der Waals surface area contributed by atoms with Crippen molar-refractivity contribution >= 4 is 11.7 Å². The summed E-state index contributed by atoms with van der Waals surface area (Å²) in [7, 11) is 0. The molecule has 0 radical (unpaired) electrons. The first-order valence-electron chi connectivity index (χ1n) is 5.22. The molecule has 1 unspecified atom stereocenters. The summed E-state index contributed by atoms with van der Waals surface area (Å²) in [6.07, 6.45) is 1.80. The molecule has 1 saturated heterocycles. The van der Waals surface area contributed by atoms with Crippen molar-refractivity contribution in [1.29, 1.82) is 0 Å². The predicted octanol–water partition coefficient (Wildman–Crippen LogP) is -0.150. The largest absolute Gasteiger partial charge is 0.308 e. The lowest BCUT2D eigenvalue weighted by Gasteiger charge is -2.22. The van der Waals surface area contributed by atoms with Gasteiger partial charge in [-0.05, 0) is 32.4 Å². The summed E-state index contributed by atoms with van der Waals surface area (Å²) < 4.78 is 0. The maximum Gasteiger partial charge on any atom is 0.264 e. The number of hydrogen-bond acceptors (Lipinski definition) is 4. The second-order valence-electron chi connectivity index (χ2n) is 4.12. The summed E-state index contributed by atoms with van der Waals surface area (Å²) in [5, 5.41) is 11.8. The number of aromatic amines is 1. The topological polar surface area (TPSA) is 86.9 Å². The summed E-state index contributed by atoms with van der Waals surface area (Å²) in [5.74, 6) is 0.240. The van der Waals surface area contributed by atoms with Crippen LogP contribution in [0.1, 0.15) is 19.8 Å². The Hall–Kier alpha value is -1.69. The SMILES string of the molecule is CC1(C(=O)Nc2ccc(=O)[nH]n2)CCCN1. The lowest BCUT2D eigenvalue weighted by molar-refractivity contribution is -0.121. The number of nitrogens with one attached hydrogen (secondary N) is 3. The number of H-pyrrole nitrogens is 1. The fourth-order valence-electron chi connectivity index (χ4n) is 1.76. The molecule has 1 aliphatic heterocycles. The normalized spacial score (nSPS) is 24.3. The molecule has 0 spiro atoms. The number of hydrogen-bond donors (Lipinski definition) is 3. The van der Waals surface area contributed by atoms with Gasteiger partial charge in [0, 0.05) is 6.07 Å². The van der Waals surface area contributed by atoms with E-state index >= 15 is 0 Å². The van der Waals surface area contributed by atoms with Crippen LogP contribution in [-0.2, 0) is 4.79 Å². The van der Waals surface area contributed by atoms with E-state index in [1.165, 1.54) is 12.1 Å². The van der Waals surface area contributed by atoms with Gasteiger partial charge < -0.3 is 10.6 Å². The van der Waals surface area contributed by atoms with Crippen LogP contribution in [0, 0.1) is 0 Å². The Morgan fingerprint density at radius 1 is 1.56 bits per heavy atom. The minimum atomic E-state index is -0.530. The molecule has 2 rings (SSSR count). The van der Waals surface area contributed by atoms with Crippen molar-refractivity contribution in [3.8, 4) is 0 Å². The van der Waals surface area contributed by atoms with Crippen LogP contribution in [0.4, 0.5) is 5.82 Å². The van der Waals surface area contributed by atoms with Crippen LogP contribution in [0.25, 0.3) is 0 Å². The first-order chi connectivity index (χ1) is 7.60. The van der Waals surface area contributed by atoms with Crippen LogP contribution in [-0.4, -0.2) is 28.2 Å². The molecule has 1 atom stereocenters. The molecule has 0 bridgehead atoms. The number of amides is 1. The molecule has 1 amide bonds. The summed E-state index contributed by atoms with van der Waals surface area (Å²) in [6.45, 7) is 2.71. The van der Waals surface area contributed by atoms with Crippen LogP contribution >= 0.6 is 0 Å². The molecule has 16 heavy (non-hydrogen) atoms. The van der Waals surface area contributed by atoms with E-state index in [-0.39, 0.29) is 11.5 Å². The van der Waals surface area contributed by atoms with E-state index in [1.54, 1.807) is 0 Å². The second-order valence-corrected chi connectivity index (χ2v) is 4.12. The molecule has 3 N–H and O–H groups in total. The molecule has 0 aliphatic carbocycles. The van der Waals surface area contributed by atoms with E-state index in [4.69, 9.17) is 0 Å². The lowest BCUT2D eigenvalue weighted by atomic mass is 9.99. The maximum absolute atomic E-state index is 11.9. The van der Waals surface area contributed by atoms with Crippen molar-refractivity contribution < 1.29 is 4.79 Å². The standard InChI is InChI=1S/C10H14N4O2/c1-10(5-2-6-11-10)9(16)12-7-3-4-8(15)14-13-7/h3-4,11H,2,5-6H2,1H3,(H,14,15)(H,12,13,16). The van der Waals surface area contributed by atoms with Gasteiger partial charge in [0.15, 0.2) is 5.82 Å². The Labute approximate surface area is 92.4 Å². The third-order valence-corrected chi connectivity index (χ3v) is 2.79. The smallest absolute Gasteiger partial charge is 0.264 e. The zero-order chi connectivity index (χ0) is 11.6. The Morgan fingerprint density at radius 3 is 2.94 bits per heavy atom. The molecule has 1 aliphatic rings. The van der Waals surface area contributed by atoms with Gasteiger partial charge in [0.2, 0.25) is 5.91 Å². The van der Waals surface area contributed by atoms with Gasteiger partial charge in [0.25, 0.3) is 5.56 Å². The van der Waals surface area contributed by atoms with Crippen LogP contribution < -0.4 is 16.2 Å². The van der Waals surface area contributed by atoms with Gasteiger partial charge in [-0.15, -0.1) is 0 Å². The molecule has 86 valence electrons. The van der Waals surface area contributed by atoms with Gasteiger partial charge in [0.05, 0.1) is 5.54 Å². The summed E-state index contributed by atoms with van der Waals surface area (Å²) in [4.78, 5) is 22.7. The average molecular weight is 222 g/mol. The van der Waals surface area contributed by atoms with Crippen molar-refractivity contribution in [3.05, 3.63) is 22.5 Å². The van der Waals surface area contributed by atoms with Gasteiger partial charge in [-0.3, -0.25) is 9.59 Å². The van der Waals surface area contributed by atoms with E-state index in [9.17, 15) is 9.59 Å². The quantitative estimate of drug-likeness (QED) is 0.649. The average Bonchev–Trinajstić information content (AvgIpc) is 2.70. The number of nitrogens with zero attached hydrogens (tertiary/aromatic N) is 1. The number of anilines is 1. The maximum atomic E-state index is 11.9. The molecular weight excluding hydrogens is 208 g/mol. The molecule has 1 fully saturated rings. The summed E-state index contributed by atoms with van der Waals surface area (Å²) in [5.41, 5.74) is -0.819. The molecule has 6 heteroatoms. The molecule has 1 aromatic rings. The molecule has 1 aromatic heterocycles. The van der Waals surface area contributed by atoms with Crippen molar-refractivity contribution in [3.63, 3.8) is 0 Å². The zero-order valence-corrected chi connectivity index (χ0v) is 9.04. The second kappa shape index (κ2) is 4.05. The predicted molar refractivity (Wildman–Crippen MR) is 59.1 cm³/mol. The lowest BCUT2D eigenvalue weighted by Crippen LogP contribution is -2.48. The number of carbonyl (C=O) groups excluding carboxylic acids is 1. The molecular formula is C10H14N4O2.